The van der Waals surface area contributed by atoms with Crippen LogP contribution in [0, 0.1) is 0 Å². The van der Waals surface area contributed by atoms with E-state index in [0.717, 1.165) is 0 Å². The van der Waals surface area contributed by atoms with Crippen LogP contribution in [0.2, 0.25) is 0 Å². The van der Waals surface area contributed by atoms with E-state index in [4.69, 9.17) is 5.11 Å². The average molecular weight is 345 g/mol. The molecule has 1 atom stereocenters. The second kappa shape index (κ2) is 6.19. The van der Waals surface area contributed by atoms with Crippen molar-refractivity contribution in [3.05, 3.63) is 29.8 Å². The number of para-hydroxylation sites is 1. The van der Waals surface area contributed by atoms with Crippen LogP contribution in [0.1, 0.15) is 36.5 Å². The molecule has 132 valence electrons. The molecule has 0 bridgehead atoms. The summed E-state index contributed by atoms with van der Waals surface area (Å²) >= 11 is 0. The monoisotopic (exact) mass is 345 g/mol. The summed E-state index contributed by atoms with van der Waals surface area (Å²) in [5, 5.41) is 11.1. The molecule has 2 aliphatic heterocycles. The zero-order valence-electron chi connectivity index (χ0n) is 13.8. The lowest BCUT2D eigenvalue weighted by molar-refractivity contribution is -0.137. The highest BCUT2D eigenvalue weighted by Gasteiger charge is 2.53. The van der Waals surface area contributed by atoms with Crippen molar-refractivity contribution in [1.29, 1.82) is 0 Å². The Balaban J connectivity index is 1.86. The fraction of sp³-hybridized carbons (Fsp3) is 0.412. The predicted molar refractivity (Wildman–Crippen MR) is 87.9 cm³/mol. The van der Waals surface area contributed by atoms with E-state index in [1.54, 1.807) is 36.1 Å². The van der Waals surface area contributed by atoms with Gasteiger partial charge in [-0.1, -0.05) is 12.1 Å². The van der Waals surface area contributed by atoms with Crippen molar-refractivity contribution in [1.82, 2.24) is 10.2 Å². The number of aliphatic carboxylic acids is 1. The van der Waals surface area contributed by atoms with E-state index in [2.05, 4.69) is 5.32 Å². The Morgan fingerprint density at radius 3 is 2.72 bits per heavy atom. The third kappa shape index (κ3) is 2.84. The minimum Gasteiger partial charge on any atom is -0.481 e. The molecule has 0 radical (unpaired) electrons. The van der Waals surface area contributed by atoms with Crippen molar-refractivity contribution in [2.75, 3.05) is 18.0 Å². The van der Waals surface area contributed by atoms with E-state index in [1.165, 1.54) is 4.90 Å². The van der Waals surface area contributed by atoms with Gasteiger partial charge in [0.15, 0.2) is 0 Å². The number of anilines is 1. The second-order valence-corrected chi connectivity index (χ2v) is 6.35. The lowest BCUT2D eigenvalue weighted by Gasteiger charge is -2.48. The first-order chi connectivity index (χ1) is 11.8. The van der Waals surface area contributed by atoms with E-state index >= 15 is 0 Å². The van der Waals surface area contributed by atoms with Gasteiger partial charge in [-0.2, -0.15) is 0 Å². The van der Waals surface area contributed by atoms with Crippen LogP contribution < -0.4 is 10.2 Å². The highest BCUT2D eigenvalue weighted by molar-refractivity contribution is 6.11. The molecule has 0 aromatic heterocycles. The maximum Gasteiger partial charge on any atom is 0.305 e. The van der Waals surface area contributed by atoms with Crippen LogP contribution in [-0.2, 0) is 14.4 Å². The molecule has 1 unspecified atom stereocenters. The van der Waals surface area contributed by atoms with Crippen molar-refractivity contribution in [3.8, 4) is 0 Å². The third-order valence-corrected chi connectivity index (χ3v) is 4.71. The van der Waals surface area contributed by atoms with Gasteiger partial charge in [-0.3, -0.25) is 24.1 Å². The van der Waals surface area contributed by atoms with Crippen molar-refractivity contribution < 1.29 is 24.3 Å². The molecule has 25 heavy (non-hydrogen) atoms. The summed E-state index contributed by atoms with van der Waals surface area (Å²) in [6.45, 7) is 1.54. The van der Waals surface area contributed by atoms with Gasteiger partial charge in [-0.25, -0.2) is 0 Å². The quantitative estimate of drug-likeness (QED) is 0.812. The zero-order valence-corrected chi connectivity index (χ0v) is 13.8. The smallest absolute Gasteiger partial charge is 0.305 e. The third-order valence-electron chi connectivity index (χ3n) is 4.71. The maximum absolute atomic E-state index is 12.9. The maximum atomic E-state index is 12.9. The molecular weight excluding hydrogens is 326 g/mol. The molecule has 0 spiro atoms. The van der Waals surface area contributed by atoms with Gasteiger partial charge in [-0.15, -0.1) is 0 Å². The normalized spacial score (nSPS) is 21.8. The molecule has 0 saturated carbocycles. The summed E-state index contributed by atoms with van der Waals surface area (Å²) in [5.41, 5.74) is 0.0562. The molecule has 1 aromatic carbocycles. The number of rotatable bonds is 5. The van der Waals surface area contributed by atoms with Gasteiger partial charge in [0.2, 0.25) is 11.8 Å². The molecule has 2 heterocycles. The van der Waals surface area contributed by atoms with Crippen LogP contribution in [0.3, 0.4) is 0 Å². The van der Waals surface area contributed by atoms with Gasteiger partial charge >= 0.3 is 5.97 Å². The number of fused-ring (bicyclic) bond motifs is 3. The number of amides is 3. The molecule has 3 amide bonds. The van der Waals surface area contributed by atoms with Gasteiger partial charge in [0.05, 0.1) is 17.7 Å². The Kier molecular flexibility index (Phi) is 4.20. The highest BCUT2D eigenvalue weighted by atomic mass is 16.4. The van der Waals surface area contributed by atoms with Crippen molar-refractivity contribution in [2.45, 2.75) is 31.8 Å². The topological polar surface area (TPSA) is 107 Å². The van der Waals surface area contributed by atoms with Crippen molar-refractivity contribution >= 4 is 29.4 Å². The van der Waals surface area contributed by atoms with Crippen molar-refractivity contribution in [3.63, 3.8) is 0 Å². The van der Waals surface area contributed by atoms with E-state index in [-0.39, 0.29) is 31.3 Å². The Morgan fingerprint density at radius 1 is 1.28 bits per heavy atom. The van der Waals surface area contributed by atoms with Crippen LogP contribution in [0.15, 0.2) is 24.3 Å². The first-order valence-electron chi connectivity index (χ1n) is 8.07. The number of carbonyl (C=O) groups excluding carboxylic acids is 3. The molecule has 1 saturated heterocycles. The summed E-state index contributed by atoms with van der Waals surface area (Å²) in [6.07, 6.45) is 0.550. The Morgan fingerprint density at radius 2 is 2.00 bits per heavy atom. The summed E-state index contributed by atoms with van der Waals surface area (Å²) in [4.78, 5) is 51.0. The molecule has 8 heteroatoms. The standard InChI is InChI=1S/C17H19N3O5/c1-17-8-6-14(22)20(17)12-5-3-2-4-11(12)16(25)19(17)10-13(21)18-9-7-15(23)24/h2-5H,6-10H2,1H3,(H,18,21)(H,23,24). The molecule has 1 fully saturated rings. The van der Waals surface area contributed by atoms with Crippen LogP contribution in [-0.4, -0.2) is 52.4 Å². The Labute approximate surface area is 144 Å². The first kappa shape index (κ1) is 16.9. The van der Waals surface area contributed by atoms with E-state index in [0.29, 0.717) is 24.1 Å². The lowest BCUT2D eigenvalue weighted by Crippen LogP contribution is -2.63. The Bertz CT molecular complexity index is 762. The van der Waals surface area contributed by atoms with Gasteiger partial charge in [-0.05, 0) is 25.5 Å². The Hall–Kier alpha value is -2.90. The molecule has 0 aliphatic carbocycles. The predicted octanol–water partition coefficient (Wildman–Crippen LogP) is 0.576. The number of carbonyl (C=O) groups is 4. The summed E-state index contributed by atoms with van der Waals surface area (Å²) in [6, 6.07) is 6.86. The number of benzene rings is 1. The van der Waals surface area contributed by atoms with Crippen molar-refractivity contribution in [2.24, 2.45) is 0 Å². The van der Waals surface area contributed by atoms with Gasteiger partial charge in [0, 0.05) is 13.0 Å². The SMILES string of the molecule is CC12CCC(=O)N1c1ccccc1C(=O)N2CC(=O)NCCC(=O)O. The minimum absolute atomic E-state index is 0.00779. The lowest BCUT2D eigenvalue weighted by atomic mass is 9.98. The molecular formula is C17H19N3O5. The fourth-order valence-corrected chi connectivity index (χ4v) is 3.45. The van der Waals surface area contributed by atoms with E-state index in [9.17, 15) is 19.2 Å². The van der Waals surface area contributed by atoms with Gasteiger partial charge in [0.1, 0.15) is 12.2 Å². The molecule has 2 N–H and O–H groups in total. The molecule has 2 aliphatic rings. The minimum atomic E-state index is -1.01. The van der Waals surface area contributed by atoms with E-state index in [1.807, 2.05) is 0 Å². The highest BCUT2D eigenvalue weighted by Crippen LogP contribution is 2.43. The number of hydrogen-bond donors (Lipinski definition) is 2. The summed E-state index contributed by atoms with van der Waals surface area (Å²) in [5.74, 6) is -1.85. The van der Waals surface area contributed by atoms with Crippen LogP contribution in [0.5, 0.6) is 0 Å². The largest absolute Gasteiger partial charge is 0.481 e. The zero-order chi connectivity index (χ0) is 18.2. The van der Waals surface area contributed by atoms with Crippen LogP contribution >= 0.6 is 0 Å². The number of nitrogens with one attached hydrogen (secondary N) is 1. The number of hydrogen-bond acceptors (Lipinski definition) is 4. The summed E-state index contributed by atoms with van der Waals surface area (Å²) < 4.78 is 0. The van der Waals surface area contributed by atoms with Gasteiger partial charge in [0.25, 0.3) is 5.91 Å². The fourth-order valence-electron chi connectivity index (χ4n) is 3.45. The number of carboxylic acids is 1. The van der Waals surface area contributed by atoms with Crippen LogP contribution in [0.25, 0.3) is 0 Å². The second-order valence-electron chi connectivity index (χ2n) is 6.35. The summed E-state index contributed by atoms with van der Waals surface area (Å²) in [7, 11) is 0. The van der Waals surface area contributed by atoms with E-state index < -0.39 is 17.5 Å². The van der Waals surface area contributed by atoms with Gasteiger partial charge < -0.3 is 15.3 Å². The average Bonchev–Trinajstić information content (AvgIpc) is 2.87. The molecule has 1 aromatic rings. The van der Waals surface area contributed by atoms with Crippen LogP contribution in [0.4, 0.5) is 5.69 Å². The number of nitrogens with zero attached hydrogens (tertiary/aromatic N) is 2. The first-order valence-corrected chi connectivity index (χ1v) is 8.07. The molecule has 3 rings (SSSR count). The number of carboxylic acid groups (broad SMARTS) is 1. The molecule has 8 nitrogen and oxygen atoms in total.